The Hall–Kier alpha value is -1.70. The number of rotatable bonds is 0. The Morgan fingerprint density at radius 2 is 2.07 bits per heavy atom. The molecule has 0 aromatic heterocycles. The molecule has 1 aromatic rings. The van der Waals surface area contributed by atoms with Crippen molar-refractivity contribution in [3.8, 4) is 0 Å². The summed E-state index contributed by atoms with van der Waals surface area (Å²) in [5, 5.41) is 3.50. The predicted molar refractivity (Wildman–Crippen MR) is 62.4 cm³/mol. The average molecular weight is 198 g/mol. The van der Waals surface area contributed by atoms with Gasteiger partial charge in [-0.2, -0.15) is 0 Å². The van der Waals surface area contributed by atoms with Crippen LogP contribution in [0.2, 0.25) is 0 Å². The highest BCUT2D eigenvalue weighted by molar-refractivity contribution is 5.68. The summed E-state index contributed by atoms with van der Waals surface area (Å²) >= 11 is 0. The topological polar surface area (TPSA) is 15.3 Å². The first-order valence-electron chi connectivity index (χ1n) is 5.25. The van der Waals surface area contributed by atoms with E-state index in [0.29, 0.717) is 5.92 Å². The fraction of sp³-hybridized carbons (Fsp3) is 0.231. The Morgan fingerprint density at radius 1 is 1.27 bits per heavy atom. The molecule has 2 heteroatoms. The van der Waals surface area contributed by atoms with Crippen molar-refractivity contribution in [3.05, 3.63) is 53.5 Å². The van der Waals surface area contributed by atoms with Gasteiger partial charge in [-0.3, -0.25) is 0 Å². The molecule has 0 saturated heterocycles. The standard InChI is InChI=1S/C13H14N2/c1-9-13-11(7-8-15(9)2)10-5-3-4-6-12(10)14-13/h3-8,11,14H,1-2H3. The lowest BCUT2D eigenvalue weighted by Crippen LogP contribution is -2.18. The van der Waals surface area contributed by atoms with E-state index in [1.54, 1.807) is 0 Å². The maximum atomic E-state index is 3.50. The number of hydrogen-bond donors (Lipinski definition) is 1. The summed E-state index contributed by atoms with van der Waals surface area (Å²) in [4.78, 5) is 2.16. The molecule has 2 nitrogen and oxygen atoms in total. The molecule has 3 rings (SSSR count). The minimum atomic E-state index is 0.428. The Balaban J connectivity index is 2.15. The molecule has 0 aliphatic carbocycles. The minimum Gasteiger partial charge on any atom is -0.356 e. The first-order valence-corrected chi connectivity index (χ1v) is 5.25. The maximum absolute atomic E-state index is 3.50. The lowest BCUT2D eigenvalue weighted by molar-refractivity contribution is 0.542. The molecule has 1 aromatic carbocycles. The highest BCUT2D eigenvalue weighted by Crippen LogP contribution is 2.42. The summed E-state index contributed by atoms with van der Waals surface area (Å²) < 4.78 is 0. The van der Waals surface area contributed by atoms with Gasteiger partial charge < -0.3 is 10.2 Å². The Kier molecular flexibility index (Phi) is 1.66. The van der Waals surface area contributed by atoms with Gasteiger partial charge in [0.25, 0.3) is 0 Å². The van der Waals surface area contributed by atoms with Crippen LogP contribution >= 0.6 is 0 Å². The fourth-order valence-corrected chi connectivity index (χ4v) is 2.29. The molecule has 0 spiro atoms. The van der Waals surface area contributed by atoms with Gasteiger partial charge in [0.05, 0.1) is 0 Å². The Labute approximate surface area is 89.9 Å². The second kappa shape index (κ2) is 2.89. The van der Waals surface area contributed by atoms with Gasteiger partial charge in [-0.25, -0.2) is 0 Å². The van der Waals surface area contributed by atoms with E-state index in [0.717, 1.165) is 0 Å². The zero-order chi connectivity index (χ0) is 10.4. The molecule has 1 N–H and O–H groups in total. The number of anilines is 1. The molecule has 1 atom stereocenters. The largest absolute Gasteiger partial charge is 0.356 e. The number of nitrogens with one attached hydrogen (secondary N) is 1. The van der Waals surface area contributed by atoms with Crippen LogP contribution in [0, 0.1) is 0 Å². The minimum absolute atomic E-state index is 0.428. The molecular weight excluding hydrogens is 184 g/mol. The van der Waals surface area contributed by atoms with E-state index >= 15 is 0 Å². The summed E-state index contributed by atoms with van der Waals surface area (Å²) in [6.45, 7) is 2.16. The number of allylic oxidation sites excluding steroid dienone is 2. The van der Waals surface area contributed by atoms with Gasteiger partial charge in [-0.1, -0.05) is 24.3 Å². The van der Waals surface area contributed by atoms with Crippen molar-refractivity contribution in [2.24, 2.45) is 0 Å². The monoisotopic (exact) mass is 198 g/mol. The third-order valence-corrected chi connectivity index (χ3v) is 3.30. The van der Waals surface area contributed by atoms with Crippen LogP contribution in [0.15, 0.2) is 47.9 Å². The third kappa shape index (κ3) is 1.11. The zero-order valence-corrected chi connectivity index (χ0v) is 8.99. The van der Waals surface area contributed by atoms with Gasteiger partial charge in [0.1, 0.15) is 0 Å². The molecule has 0 fully saturated rings. The van der Waals surface area contributed by atoms with E-state index in [-0.39, 0.29) is 0 Å². The molecule has 0 amide bonds. The molecule has 0 bridgehead atoms. The van der Waals surface area contributed by atoms with Crippen molar-refractivity contribution in [1.29, 1.82) is 0 Å². The van der Waals surface area contributed by atoms with Crippen LogP contribution in [-0.2, 0) is 0 Å². The molecule has 0 saturated carbocycles. The molecule has 15 heavy (non-hydrogen) atoms. The van der Waals surface area contributed by atoms with Crippen LogP contribution in [0.25, 0.3) is 0 Å². The van der Waals surface area contributed by atoms with E-state index in [4.69, 9.17) is 0 Å². The number of fused-ring (bicyclic) bond motifs is 3. The van der Waals surface area contributed by atoms with Crippen LogP contribution in [0.5, 0.6) is 0 Å². The molecule has 1 unspecified atom stereocenters. The fourth-order valence-electron chi connectivity index (χ4n) is 2.29. The van der Waals surface area contributed by atoms with Gasteiger partial charge in [-0.05, 0) is 18.6 Å². The van der Waals surface area contributed by atoms with Crippen LogP contribution in [-0.4, -0.2) is 11.9 Å². The van der Waals surface area contributed by atoms with E-state index in [9.17, 15) is 0 Å². The summed E-state index contributed by atoms with van der Waals surface area (Å²) in [6, 6.07) is 8.52. The predicted octanol–water partition coefficient (Wildman–Crippen LogP) is 2.89. The van der Waals surface area contributed by atoms with Gasteiger partial charge in [-0.15, -0.1) is 0 Å². The first-order chi connectivity index (χ1) is 7.27. The van der Waals surface area contributed by atoms with Gasteiger partial charge >= 0.3 is 0 Å². The van der Waals surface area contributed by atoms with Crippen LogP contribution < -0.4 is 5.32 Å². The maximum Gasteiger partial charge on any atom is 0.0476 e. The van der Waals surface area contributed by atoms with Crippen LogP contribution in [0.1, 0.15) is 18.4 Å². The SMILES string of the molecule is CC1=C2Nc3ccccc3C2C=CN1C. The quantitative estimate of drug-likeness (QED) is 0.689. The van der Waals surface area contributed by atoms with Crippen LogP contribution in [0.4, 0.5) is 5.69 Å². The number of benzene rings is 1. The van der Waals surface area contributed by atoms with Crippen molar-refractivity contribution < 1.29 is 0 Å². The number of para-hydroxylation sites is 1. The summed E-state index contributed by atoms with van der Waals surface area (Å²) in [5.41, 5.74) is 5.26. The summed E-state index contributed by atoms with van der Waals surface area (Å²) in [5.74, 6) is 0.428. The second-order valence-electron chi connectivity index (χ2n) is 4.14. The smallest absolute Gasteiger partial charge is 0.0476 e. The van der Waals surface area contributed by atoms with Gasteiger partial charge in [0, 0.05) is 36.2 Å². The highest BCUT2D eigenvalue weighted by atomic mass is 15.1. The first kappa shape index (κ1) is 8.60. The van der Waals surface area contributed by atoms with E-state index in [2.05, 4.69) is 60.7 Å². The van der Waals surface area contributed by atoms with Crippen molar-refractivity contribution in [2.45, 2.75) is 12.8 Å². The van der Waals surface area contributed by atoms with E-state index in [1.165, 1.54) is 22.6 Å². The Morgan fingerprint density at radius 3 is 2.93 bits per heavy atom. The number of nitrogens with zero attached hydrogens (tertiary/aromatic N) is 1. The van der Waals surface area contributed by atoms with Gasteiger partial charge in [0.2, 0.25) is 0 Å². The molecule has 76 valence electrons. The third-order valence-electron chi connectivity index (χ3n) is 3.30. The second-order valence-corrected chi connectivity index (χ2v) is 4.14. The zero-order valence-electron chi connectivity index (χ0n) is 8.99. The molecule has 2 heterocycles. The Bertz CT molecular complexity index is 471. The molecular formula is C13H14N2. The molecule has 2 aliphatic heterocycles. The van der Waals surface area contributed by atoms with Gasteiger partial charge in [0.15, 0.2) is 0 Å². The number of hydrogen-bond acceptors (Lipinski definition) is 2. The summed E-state index contributed by atoms with van der Waals surface area (Å²) in [7, 11) is 2.08. The van der Waals surface area contributed by atoms with E-state index in [1.807, 2.05) is 0 Å². The van der Waals surface area contributed by atoms with Crippen molar-refractivity contribution in [1.82, 2.24) is 4.90 Å². The van der Waals surface area contributed by atoms with Crippen molar-refractivity contribution in [3.63, 3.8) is 0 Å². The van der Waals surface area contributed by atoms with Crippen molar-refractivity contribution in [2.75, 3.05) is 12.4 Å². The summed E-state index contributed by atoms with van der Waals surface area (Å²) in [6.07, 6.45) is 4.40. The average Bonchev–Trinajstić information content (AvgIpc) is 2.63. The molecule has 2 aliphatic rings. The molecule has 0 radical (unpaired) electrons. The lowest BCUT2D eigenvalue weighted by Gasteiger charge is -2.25. The normalized spacial score (nSPS) is 22.5. The van der Waals surface area contributed by atoms with Crippen LogP contribution in [0.3, 0.4) is 0 Å². The lowest BCUT2D eigenvalue weighted by atomic mass is 9.96. The highest BCUT2D eigenvalue weighted by Gasteiger charge is 2.29. The van der Waals surface area contributed by atoms with Crippen molar-refractivity contribution >= 4 is 5.69 Å². The van der Waals surface area contributed by atoms with E-state index < -0.39 is 0 Å².